The van der Waals surface area contributed by atoms with Crippen LogP contribution >= 0.6 is 0 Å². The predicted molar refractivity (Wildman–Crippen MR) is 89.7 cm³/mol. The normalized spacial score (nSPS) is 10.5. The van der Waals surface area contributed by atoms with Gasteiger partial charge in [0.05, 0.1) is 18.7 Å². The Morgan fingerprint density at radius 1 is 1.32 bits per heavy atom. The van der Waals surface area contributed by atoms with Gasteiger partial charge >= 0.3 is 5.97 Å². The van der Waals surface area contributed by atoms with Crippen LogP contribution in [0.3, 0.4) is 0 Å². The molecule has 124 valence electrons. The van der Waals surface area contributed by atoms with Crippen molar-refractivity contribution in [3.8, 4) is 5.75 Å². The monoisotopic (exact) mass is 308 g/mol. The third kappa shape index (κ3) is 5.93. The first kappa shape index (κ1) is 18.3. The zero-order valence-corrected chi connectivity index (χ0v) is 13.9. The van der Waals surface area contributed by atoms with E-state index >= 15 is 0 Å². The lowest BCUT2D eigenvalue weighted by Gasteiger charge is -2.25. The predicted octanol–water partition coefficient (Wildman–Crippen LogP) is 2.89. The number of nitrogens with one attached hydrogen (secondary N) is 1. The number of anilines is 1. The first-order chi connectivity index (χ1) is 10.6. The molecular formula is C17H28N2O3. The molecular weight excluding hydrogens is 280 g/mol. The summed E-state index contributed by atoms with van der Waals surface area (Å²) in [6, 6.07) is 6.15. The number of hydrogen-bond acceptors (Lipinski definition) is 4. The van der Waals surface area contributed by atoms with Crippen LogP contribution in [0.15, 0.2) is 18.2 Å². The highest BCUT2D eigenvalue weighted by Crippen LogP contribution is 2.30. The molecule has 0 unspecified atom stereocenters. The van der Waals surface area contributed by atoms with Gasteiger partial charge in [-0.25, -0.2) is 0 Å². The third-order valence-corrected chi connectivity index (χ3v) is 3.40. The maximum absolute atomic E-state index is 10.8. The highest BCUT2D eigenvalue weighted by atomic mass is 16.5. The molecule has 0 fully saturated rings. The molecule has 1 aromatic rings. The molecule has 0 atom stereocenters. The molecule has 0 amide bonds. The van der Waals surface area contributed by atoms with Crippen LogP contribution in [-0.2, 0) is 11.3 Å². The highest BCUT2D eigenvalue weighted by molar-refractivity contribution is 5.68. The van der Waals surface area contributed by atoms with Crippen molar-refractivity contribution in [1.29, 1.82) is 0 Å². The van der Waals surface area contributed by atoms with E-state index in [0.29, 0.717) is 13.2 Å². The van der Waals surface area contributed by atoms with Gasteiger partial charge in [0.1, 0.15) is 5.75 Å². The van der Waals surface area contributed by atoms with Crippen LogP contribution in [0.25, 0.3) is 0 Å². The molecule has 0 aliphatic carbocycles. The van der Waals surface area contributed by atoms with E-state index in [2.05, 4.69) is 18.3 Å². The van der Waals surface area contributed by atoms with Gasteiger partial charge in [-0.15, -0.1) is 0 Å². The van der Waals surface area contributed by atoms with E-state index in [1.54, 1.807) is 0 Å². The minimum Gasteiger partial charge on any atom is -0.492 e. The molecule has 0 radical (unpaired) electrons. The number of rotatable bonds is 11. The average Bonchev–Trinajstić information content (AvgIpc) is 2.50. The maximum Gasteiger partial charge on any atom is 0.305 e. The lowest BCUT2D eigenvalue weighted by Crippen LogP contribution is -2.26. The molecule has 0 spiro atoms. The van der Waals surface area contributed by atoms with Crippen LogP contribution in [0.5, 0.6) is 5.75 Å². The molecule has 2 N–H and O–H groups in total. The van der Waals surface area contributed by atoms with Crippen molar-refractivity contribution in [2.24, 2.45) is 0 Å². The molecule has 0 heterocycles. The minimum absolute atomic E-state index is 0.124. The fourth-order valence-electron chi connectivity index (χ4n) is 2.29. The largest absolute Gasteiger partial charge is 0.492 e. The standard InChI is InChI=1S/C17H28N2O3/c1-4-10-18-13-14-7-8-15(16(12-14)22-6-3)19(5-2)11-9-17(20)21/h7-8,12,18H,4-6,9-11,13H2,1-3H3,(H,20,21). The second-order valence-corrected chi connectivity index (χ2v) is 5.14. The lowest BCUT2D eigenvalue weighted by molar-refractivity contribution is -0.136. The summed E-state index contributed by atoms with van der Waals surface area (Å²) in [4.78, 5) is 12.8. The topological polar surface area (TPSA) is 61.8 Å². The molecule has 1 rings (SSSR count). The van der Waals surface area contributed by atoms with E-state index in [-0.39, 0.29) is 6.42 Å². The summed E-state index contributed by atoms with van der Waals surface area (Å²) in [7, 11) is 0. The van der Waals surface area contributed by atoms with E-state index in [9.17, 15) is 4.79 Å². The van der Waals surface area contributed by atoms with Gasteiger partial charge in [-0.05, 0) is 44.5 Å². The van der Waals surface area contributed by atoms with Crippen LogP contribution in [0.2, 0.25) is 0 Å². The smallest absolute Gasteiger partial charge is 0.305 e. The molecule has 5 heteroatoms. The van der Waals surface area contributed by atoms with Crippen molar-refractivity contribution >= 4 is 11.7 Å². The molecule has 22 heavy (non-hydrogen) atoms. The number of carboxylic acids is 1. The zero-order valence-electron chi connectivity index (χ0n) is 13.9. The number of benzene rings is 1. The van der Waals surface area contributed by atoms with Crippen LogP contribution < -0.4 is 15.0 Å². The number of hydrogen-bond donors (Lipinski definition) is 2. The third-order valence-electron chi connectivity index (χ3n) is 3.40. The summed E-state index contributed by atoms with van der Waals surface area (Å²) < 4.78 is 5.76. The number of nitrogens with zero attached hydrogens (tertiary/aromatic N) is 1. The second-order valence-electron chi connectivity index (χ2n) is 5.14. The first-order valence-corrected chi connectivity index (χ1v) is 8.05. The van der Waals surface area contributed by atoms with E-state index in [1.165, 1.54) is 5.56 Å². The van der Waals surface area contributed by atoms with E-state index in [4.69, 9.17) is 9.84 Å². The Hall–Kier alpha value is -1.75. The summed E-state index contributed by atoms with van der Waals surface area (Å²) >= 11 is 0. The fourth-order valence-corrected chi connectivity index (χ4v) is 2.29. The molecule has 1 aromatic carbocycles. The fraction of sp³-hybridized carbons (Fsp3) is 0.588. The van der Waals surface area contributed by atoms with Gasteiger partial charge in [0.2, 0.25) is 0 Å². The summed E-state index contributed by atoms with van der Waals surface area (Å²) in [6.45, 7) is 9.76. The Kier molecular flexibility index (Phi) is 8.36. The van der Waals surface area contributed by atoms with E-state index in [0.717, 1.165) is 37.5 Å². The Balaban J connectivity index is 2.88. The van der Waals surface area contributed by atoms with Crippen molar-refractivity contribution < 1.29 is 14.6 Å². The molecule has 0 aliphatic rings. The molecule has 0 aliphatic heterocycles. The number of carbonyl (C=O) groups is 1. The van der Waals surface area contributed by atoms with E-state index in [1.807, 2.05) is 30.9 Å². The highest BCUT2D eigenvalue weighted by Gasteiger charge is 2.13. The minimum atomic E-state index is -0.781. The molecule has 0 saturated heterocycles. The Labute approximate surface area is 133 Å². The Bertz CT molecular complexity index is 463. The second kappa shape index (κ2) is 10.1. The summed E-state index contributed by atoms with van der Waals surface area (Å²) in [5, 5.41) is 12.3. The van der Waals surface area contributed by atoms with Crippen LogP contribution in [0, 0.1) is 0 Å². The SMILES string of the molecule is CCCNCc1ccc(N(CC)CCC(=O)O)c(OCC)c1. The summed E-state index contributed by atoms with van der Waals surface area (Å²) in [5.41, 5.74) is 2.14. The van der Waals surface area contributed by atoms with Crippen LogP contribution in [0.1, 0.15) is 39.2 Å². The summed E-state index contributed by atoms with van der Waals surface area (Å²) in [5.74, 6) is 0.0438. The van der Waals surface area contributed by atoms with Crippen molar-refractivity contribution in [3.05, 3.63) is 23.8 Å². The molecule has 0 aromatic heterocycles. The number of aliphatic carboxylic acids is 1. The van der Waals surface area contributed by atoms with Crippen molar-refractivity contribution in [3.63, 3.8) is 0 Å². The van der Waals surface area contributed by atoms with Crippen molar-refractivity contribution in [2.45, 2.75) is 40.2 Å². The lowest BCUT2D eigenvalue weighted by atomic mass is 10.1. The summed E-state index contributed by atoms with van der Waals surface area (Å²) in [6.07, 6.45) is 1.23. The Morgan fingerprint density at radius 3 is 2.68 bits per heavy atom. The van der Waals surface area contributed by atoms with Gasteiger partial charge in [0.15, 0.2) is 0 Å². The van der Waals surface area contributed by atoms with E-state index < -0.39 is 5.97 Å². The Morgan fingerprint density at radius 2 is 2.09 bits per heavy atom. The van der Waals surface area contributed by atoms with Gasteiger partial charge in [-0.3, -0.25) is 4.79 Å². The van der Waals surface area contributed by atoms with Crippen LogP contribution in [0.4, 0.5) is 5.69 Å². The average molecular weight is 308 g/mol. The number of carboxylic acid groups (broad SMARTS) is 1. The first-order valence-electron chi connectivity index (χ1n) is 8.05. The van der Waals surface area contributed by atoms with Crippen molar-refractivity contribution in [2.75, 3.05) is 31.1 Å². The molecule has 0 saturated carbocycles. The number of ether oxygens (including phenoxy) is 1. The zero-order chi connectivity index (χ0) is 16.4. The van der Waals surface area contributed by atoms with Gasteiger partial charge in [-0.2, -0.15) is 0 Å². The van der Waals surface area contributed by atoms with Gasteiger partial charge in [0.25, 0.3) is 0 Å². The molecule has 0 bridgehead atoms. The van der Waals surface area contributed by atoms with Gasteiger partial charge < -0.3 is 20.1 Å². The maximum atomic E-state index is 10.8. The quantitative estimate of drug-likeness (QED) is 0.616. The molecule has 5 nitrogen and oxygen atoms in total. The van der Waals surface area contributed by atoms with Gasteiger partial charge in [-0.1, -0.05) is 13.0 Å². The van der Waals surface area contributed by atoms with Crippen molar-refractivity contribution in [1.82, 2.24) is 5.32 Å². The van der Waals surface area contributed by atoms with Crippen LogP contribution in [-0.4, -0.2) is 37.3 Å². The van der Waals surface area contributed by atoms with Gasteiger partial charge in [0, 0.05) is 19.6 Å².